The van der Waals surface area contributed by atoms with E-state index in [0.717, 1.165) is 0 Å². The zero-order valence-corrected chi connectivity index (χ0v) is 28.8. The maximum absolute atomic E-state index is 3.67. The molecule has 0 saturated heterocycles. The fourth-order valence-electron chi connectivity index (χ4n) is 2.91. The third kappa shape index (κ3) is 12.5. The van der Waals surface area contributed by atoms with E-state index in [-0.39, 0.29) is 55.8 Å². The topological polar surface area (TPSA) is 0 Å². The van der Waals surface area contributed by atoms with Crippen LogP contribution in [0.25, 0.3) is 0 Å². The van der Waals surface area contributed by atoms with Gasteiger partial charge in [0.25, 0.3) is 0 Å². The van der Waals surface area contributed by atoms with E-state index in [1.54, 1.807) is 20.8 Å². The van der Waals surface area contributed by atoms with Crippen molar-refractivity contribution in [2.75, 3.05) is 0 Å². The minimum absolute atomic E-state index is 0. The maximum atomic E-state index is 3.67. The molecule has 0 N–H and O–H groups in total. The van der Waals surface area contributed by atoms with Crippen LogP contribution in [0.2, 0.25) is 78.6 Å². The van der Waals surface area contributed by atoms with Crippen molar-refractivity contribution in [3.8, 4) is 0 Å². The molecule has 2 rings (SSSR count). The Morgan fingerprint density at radius 3 is 0.833 bits per heavy atom. The smallest absolute Gasteiger partial charge is 0.0518 e. The van der Waals surface area contributed by atoms with Gasteiger partial charge in [-0.1, -0.05) is 78.6 Å². The van der Waals surface area contributed by atoms with E-state index in [0.29, 0.717) is 0 Å². The summed E-state index contributed by atoms with van der Waals surface area (Å²) in [6.07, 6.45) is 14.6. The van der Waals surface area contributed by atoms with Crippen molar-refractivity contribution in [2.45, 2.75) is 91.4 Å². The molecule has 0 bridgehead atoms. The van der Waals surface area contributed by atoms with E-state index in [2.05, 4.69) is 103 Å². The Hall–Kier alpha value is 1.28. The summed E-state index contributed by atoms with van der Waals surface area (Å²) in [4.78, 5) is 0. The maximum Gasteiger partial charge on any atom is 0.0518 e. The van der Waals surface area contributed by atoms with Crippen LogP contribution in [-0.2, 0) is 18.6 Å². The molecular formula is C22H42Cl3Si4V-5. The molecule has 0 fully saturated rings. The van der Waals surface area contributed by atoms with Gasteiger partial charge >= 0.3 is 0 Å². The Balaban J connectivity index is -0.000000199. The molecule has 2 aliphatic rings. The van der Waals surface area contributed by atoms with Gasteiger partial charge in [0.05, 0.1) is 16.1 Å². The molecule has 30 heavy (non-hydrogen) atoms. The number of hydrogen-bond donors (Lipinski definition) is 0. The van der Waals surface area contributed by atoms with Gasteiger partial charge in [-0.3, -0.25) is 12.2 Å². The monoisotopic (exact) mass is 574 g/mol. The van der Waals surface area contributed by atoms with Crippen LogP contribution >= 0.6 is 0 Å². The summed E-state index contributed by atoms with van der Waals surface area (Å²) >= 11 is 0. The minimum Gasteiger partial charge on any atom is -1.00 e. The molecule has 0 aromatic carbocycles. The van der Waals surface area contributed by atoms with Crippen molar-refractivity contribution in [1.29, 1.82) is 0 Å². The molecule has 0 aliphatic heterocycles. The van der Waals surface area contributed by atoms with Crippen molar-refractivity contribution >= 4 is 32.3 Å². The Bertz CT molecular complexity index is 596. The van der Waals surface area contributed by atoms with Crippen LogP contribution in [0.4, 0.5) is 0 Å². The Labute approximate surface area is 223 Å². The normalized spacial score (nSPS) is 16.1. The summed E-state index contributed by atoms with van der Waals surface area (Å²) in [5, 5.41) is 6.32. The van der Waals surface area contributed by atoms with Crippen LogP contribution in [0, 0.1) is 12.2 Å². The molecule has 0 unspecified atom stereocenters. The molecule has 2 aliphatic carbocycles. The number of halogens is 3. The average Bonchev–Trinajstić information content (AvgIpc) is 3.06. The van der Waals surface area contributed by atoms with Crippen LogP contribution in [0.3, 0.4) is 0 Å². The second-order valence-corrected chi connectivity index (χ2v) is 32.1. The average molecular weight is 576 g/mol. The van der Waals surface area contributed by atoms with Crippen LogP contribution in [-0.4, -0.2) is 32.3 Å². The molecule has 177 valence electrons. The van der Waals surface area contributed by atoms with Gasteiger partial charge in [-0.25, -0.2) is 22.5 Å². The first kappa shape index (κ1) is 38.5. The molecule has 0 amide bonds. The zero-order chi connectivity index (χ0) is 20.6. The molecule has 0 aromatic rings. The van der Waals surface area contributed by atoms with Crippen molar-refractivity contribution in [3.63, 3.8) is 0 Å². The molecule has 8 heteroatoms. The summed E-state index contributed by atoms with van der Waals surface area (Å²) in [6, 6.07) is 0. The summed E-state index contributed by atoms with van der Waals surface area (Å²) in [5.74, 6) is 0. The van der Waals surface area contributed by atoms with Crippen molar-refractivity contribution < 1.29 is 55.8 Å². The van der Waals surface area contributed by atoms with Crippen molar-refractivity contribution in [2.24, 2.45) is 0 Å². The van der Waals surface area contributed by atoms with Crippen LogP contribution in [0.15, 0.2) is 32.9 Å². The van der Waals surface area contributed by atoms with E-state index < -0.39 is 32.3 Å². The van der Waals surface area contributed by atoms with Gasteiger partial charge in [0.1, 0.15) is 0 Å². The first-order valence-electron chi connectivity index (χ1n) is 10.1. The van der Waals surface area contributed by atoms with Gasteiger partial charge in [-0.15, -0.1) is 12.8 Å². The van der Waals surface area contributed by atoms with Gasteiger partial charge in [0.2, 0.25) is 0 Å². The Kier molecular flexibility index (Phi) is 17.8. The molecule has 1 radical (unpaired) electrons. The standard InChI is InChI=1S/2C11H21Si2.3ClH.V/c2*1-12(2,3)10-7-8-11(9-10)13(4,5)6;;;;/h2*7H,8H2,1-6H3;3*1H;/q2*-1;;;;/p-3. The largest absolute Gasteiger partial charge is 1.00 e. The molecule has 0 heterocycles. The SMILES string of the molecule is C[Si](C)(C)C1=[C-]C([Si](C)(C)C)=CC1.C[Si](C)(C)C1=[C-]C([Si](C)(C)C)=CC1.[Cl-].[Cl-].[Cl-].[V]. The van der Waals surface area contributed by atoms with Crippen LogP contribution < -0.4 is 37.2 Å². The van der Waals surface area contributed by atoms with Gasteiger partial charge < -0.3 is 37.2 Å². The van der Waals surface area contributed by atoms with E-state index in [1.807, 2.05) is 0 Å². The van der Waals surface area contributed by atoms with Crippen molar-refractivity contribution in [3.05, 3.63) is 45.1 Å². The zero-order valence-electron chi connectivity index (χ0n) is 21.2. The second kappa shape index (κ2) is 13.9. The van der Waals surface area contributed by atoms with Crippen molar-refractivity contribution in [1.82, 2.24) is 0 Å². The van der Waals surface area contributed by atoms with Gasteiger partial charge in [0.15, 0.2) is 0 Å². The molecular weight excluding hydrogens is 534 g/mol. The van der Waals surface area contributed by atoms with E-state index in [4.69, 9.17) is 0 Å². The molecule has 0 atom stereocenters. The molecule has 0 nitrogen and oxygen atoms in total. The summed E-state index contributed by atoms with van der Waals surface area (Å²) in [5.41, 5.74) is 0. The van der Waals surface area contributed by atoms with E-state index >= 15 is 0 Å². The van der Waals surface area contributed by atoms with Crippen LogP contribution in [0.5, 0.6) is 0 Å². The van der Waals surface area contributed by atoms with Crippen LogP contribution in [0.1, 0.15) is 12.8 Å². The second-order valence-electron chi connectivity index (χ2n) is 11.9. The summed E-state index contributed by atoms with van der Waals surface area (Å²) < 4.78 is 0. The Morgan fingerprint density at radius 2 is 0.733 bits per heavy atom. The van der Waals surface area contributed by atoms with E-state index in [9.17, 15) is 0 Å². The fraction of sp³-hybridized carbons (Fsp3) is 0.636. The van der Waals surface area contributed by atoms with Gasteiger partial charge in [-0.05, 0) is 0 Å². The number of rotatable bonds is 4. The summed E-state index contributed by atoms with van der Waals surface area (Å²) in [6.45, 7) is 28.9. The first-order valence-corrected chi connectivity index (χ1v) is 24.1. The molecule has 0 aromatic heterocycles. The predicted molar refractivity (Wildman–Crippen MR) is 132 cm³/mol. The van der Waals surface area contributed by atoms with Gasteiger partial charge in [0, 0.05) is 34.7 Å². The fourth-order valence-corrected chi connectivity index (χ4v) is 8.09. The van der Waals surface area contributed by atoms with E-state index in [1.165, 1.54) is 12.8 Å². The molecule has 0 spiro atoms. The quantitative estimate of drug-likeness (QED) is 0.286. The third-order valence-electron chi connectivity index (χ3n) is 5.02. The molecule has 0 saturated carbocycles. The number of hydrogen-bond acceptors (Lipinski definition) is 0. The Morgan fingerprint density at radius 1 is 0.500 bits per heavy atom. The minimum atomic E-state index is -1.09. The number of allylic oxidation sites excluding steroid dienone is 8. The summed E-state index contributed by atoms with van der Waals surface area (Å²) in [7, 11) is -4.32. The third-order valence-corrected chi connectivity index (χ3v) is 13.2. The predicted octanol–water partition coefficient (Wildman–Crippen LogP) is -1.39. The van der Waals surface area contributed by atoms with Gasteiger partial charge in [-0.2, -0.15) is 10.4 Å². The first-order chi connectivity index (χ1) is 11.4.